The molecule has 0 aliphatic heterocycles. The smallest absolute Gasteiger partial charge is 0.234 e. The molecule has 0 aliphatic carbocycles. The van der Waals surface area contributed by atoms with Crippen LogP contribution >= 0.6 is 23.4 Å². The molecule has 1 aromatic heterocycles. The summed E-state index contributed by atoms with van der Waals surface area (Å²) in [6, 6.07) is 22.3. The topological polar surface area (TPSA) is 90.3 Å². The van der Waals surface area contributed by atoms with Gasteiger partial charge in [0.2, 0.25) is 5.91 Å². The zero-order chi connectivity index (χ0) is 24.6. The largest absolute Gasteiger partial charge is 0.497 e. The molecule has 1 heterocycles. The molecule has 0 unspecified atom stereocenters. The Morgan fingerprint density at radius 1 is 1.00 bits per heavy atom. The van der Waals surface area contributed by atoms with Crippen molar-refractivity contribution >= 4 is 40.6 Å². The number of benzene rings is 3. The Kier molecular flexibility index (Phi) is 8.12. The fourth-order valence-corrected chi connectivity index (χ4v) is 4.30. The number of amides is 1. The highest BCUT2D eigenvalue weighted by Gasteiger charge is 2.17. The summed E-state index contributed by atoms with van der Waals surface area (Å²) in [6.45, 7) is 0.410. The van der Waals surface area contributed by atoms with E-state index in [1.807, 2.05) is 65.2 Å². The first-order chi connectivity index (χ1) is 17.1. The van der Waals surface area contributed by atoms with E-state index in [-0.39, 0.29) is 11.7 Å². The van der Waals surface area contributed by atoms with Gasteiger partial charge in [0.15, 0.2) is 11.0 Å². The minimum Gasteiger partial charge on any atom is -0.497 e. The number of hydrogen-bond donors (Lipinski definition) is 2. The van der Waals surface area contributed by atoms with E-state index in [9.17, 15) is 4.79 Å². The first-order valence-corrected chi connectivity index (χ1v) is 12.1. The summed E-state index contributed by atoms with van der Waals surface area (Å²) in [5, 5.41) is 16.2. The van der Waals surface area contributed by atoms with Crippen LogP contribution in [0.25, 0.3) is 5.69 Å². The first kappa shape index (κ1) is 24.4. The Hall–Kier alpha value is -3.69. The molecule has 1 amide bonds. The molecule has 0 aliphatic rings. The van der Waals surface area contributed by atoms with Gasteiger partial charge in [0.1, 0.15) is 11.5 Å². The maximum Gasteiger partial charge on any atom is 0.234 e. The van der Waals surface area contributed by atoms with E-state index in [2.05, 4.69) is 20.8 Å². The molecule has 0 fully saturated rings. The predicted octanol–water partition coefficient (Wildman–Crippen LogP) is 5.28. The van der Waals surface area contributed by atoms with Crippen LogP contribution in [0.4, 0.5) is 11.4 Å². The van der Waals surface area contributed by atoms with Gasteiger partial charge in [-0.25, -0.2) is 0 Å². The highest BCUT2D eigenvalue weighted by molar-refractivity contribution is 7.99. The summed E-state index contributed by atoms with van der Waals surface area (Å²) in [4.78, 5) is 12.6. The third kappa shape index (κ3) is 6.26. The van der Waals surface area contributed by atoms with E-state index in [0.717, 1.165) is 17.1 Å². The molecule has 0 saturated heterocycles. The number of nitrogens with zero attached hydrogens (tertiary/aromatic N) is 3. The normalized spacial score (nSPS) is 10.6. The molecule has 35 heavy (non-hydrogen) atoms. The summed E-state index contributed by atoms with van der Waals surface area (Å²) in [7, 11) is 3.19. The third-order valence-electron chi connectivity index (χ3n) is 5.02. The van der Waals surface area contributed by atoms with Crippen molar-refractivity contribution in [1.29, 1.82) is 0 Å². The standard InChI is InChI=1S/C25H24ClN5O3S/c1-33-20-12-10-19(11-13-20)31-23(15-27-18-7-5-6-17(26)14-18)29-30-25(31)35-16-24(32)28-21-8-3-4-9-22(21)34-2/h3-14,27H,15-16H2,1-2H3,(H,28,32). The molecule has 0 atom stereocenters. The number of hydrogen-bond acceptors (Lipinski definition) is 7. The number of halogens is 1. The van der Waals surface area contributed by atoms with Gasteiger partial charge >= 0.3 is 0 Å². The van der Waals surface area contributed by atoms with Crippen LogP contribution in [0.2, 0.25) is 5.02 Å². The molecule has 4 rings (SSSR count). The Bertz CT molecular complexity index is 1300. The van der Waals surface area contributed by atoms with Gasteiger partial charge < -0.3 is 20.1 Å². The number of anilines is 2. The van der Waals surface area contributed by atoms with Crippen molar-refractivity contribution in [3.05, 3.63) is 83.6 Å². The van der Waals surface area contributed by atoms with Crippen molar-refractivity contribution in [3.63, 3.8) is 0 Å². The summed E-state index contributed by atoms with van der Waals surface area (Å²) in [6.07, 6.45) is 0. The van der Waals surface area contributed by atoms with E-state index in [4.69, 9.17) is 21.1 Å². The number of carbonyl (C=O) groups excluding carboxylic acids is 1. The minimum absolute atomic E-state index is 0.147. The maximum atomic E-state index is 12.6. The molecule has 0 spiro atoms. The zero-order valence-corrected chi connectivity index (χ0v) is 20.8. The molecule has 0 saturated carbocycles. The van der Waals surface area contributed by atoms with Crippen molar-refractivity contribution < 1.29 is 14.3 Å². The van der Waals surface area contributed by atoms with E-state index < -0.39 is 0 Å². The second-order valence-corrected chi connectivity index (χ2v) is 8.71. The van der Waals surface area contributed by atoms with Crippen LogP contribution in [0, 0.1) is 0 Å². The lowest BCUT2D eigenvalue weighted by atomic mass is 10.3. The fourth-order valence-electron chi connectivity index (χ4n) is 3.34. The predicted molar refractivity (Wildman–Crippen MR) is 139 cm³/mol. The van der Waals surface area contributed by atoms with Gasteiger partial charge in [0.05, 0.1) is 32.2 Å². The average Bonchev–Trinajstić information content (AvgIpc) is 3.29. The number of ether oxygens (including phenoxy) is 2. The molecule has 3 aromatic carbocycles. The van der Waals surface area contributed by atoms with Crippen molar-refractivity contribution in [2.45, 2.75) is 11.7 Å². The van der Waals surface area contributed by atoms with Crippen LogP contribution in [0.1, 0.15) is 5.82 Å². The average molecular weight is 510 g/mol. The van der Waals surface area contributed by atoms with E-state index >= 15 is 0 Å². The quantitative estimate of drug-likeness (QED) is 0.281. The fraction of sp³-hybridized carbons (Fsp3) is 0.160. The lowest BCUT2D eigenvalue weighted by Gasteiger charge is -2.13. The van der Waals surface area contributed by atoms with Crippen LogP contribution in [0.3, 0.4) is 0 Å². The molecule has 180 valence electrons. The van der Waals surface area contributed by atoms with Crippen molar-refractivity contribution in [1.82, 2.24) is 14.8 Å². The zero-order valence-electron chi connectivity index (χ0n) is 19.2. The Morgan fingerprint density at radius 3 is 2.54 bits per heavy atom. The second-order valence-electron chi connectivity index (χ2n) is 7.33. The monoisotopic (exact) mass is 509 g/mol. The number of aromatic nitrogens is 3. The number of thioether (sulfide) groups is 1. The number of nitrogens with one attached hydrogen (secondary N) is 2. The Labute approximate surface area is 212 Å². The van der Waals surface area contributed by atoms with Gasteiger partial charge in [-0.2, -0.15) is 0 Å². The number of carbonyl (C=O) groups is 1. The first-order valence-electron chi connectivity index (χ1n) is 10.7. The van der Waals surface area contributed by atoms with Crippen molar-refractivity contribution in [2.75, 3.05) is 30.6 Å². The van der Waals surface area contributed by atoms with E-state index in [1.165, 1.54) is 11.8 Å². The lowest BCUT2D eigenvalue weighted by molar-refractivity contribution is -0.113. The molecule has 4 aromatic rings. The molecule has 10 heteroatoms. The minimum atomic E-state index is -0.178. The highest BCUT2D eigenvalue weighted by Crippen LogP contribution is 2.26. The van der Waals surface area contributed by atoms with Gasteiger partial charge in [-0.05, 0) is 54.6 Å². The van der Waals surface area contributed by atoms with Crippen LogP contribution in [-0.2, 0) is 11.3 Å². The second kappa shape index (κ2) is 11.6. The van der Waals surface area contributed by atoms with Crippen molar-refractivity contribution in [2.24, 2.45) is 0 Å². The Balaban J connectivity index is 1.53. The summed E-state index contributed by atoms with van der Waals surface area (Å²) < 4.78 is 12.5. The lowest BCUT2D eigenvalue weighted by Crippen LogP contribution is -2.15. The molecular weight excluding hydrogens is 486 g/mol. The van der Waals surface area contributed by atoms with Gasteiger partial charge in [-0.15, -0.1) is 10.2 Å². The number of para-hydroxylation sites is 2. The number of methoxy groups -OCH3 is 2. The van der Waals surface area contributed by atoms with E-state index in [1.54, 1.807) is 26.4 Å². The number of rotatable bonds is 10. The summed E-state index contributed by atoms with van der Waals surface area (Å²) >= 11 is 7.39. The SMILES string of the molecule is COc1ccc(-n2c(CNc3cccc(Cl)c3)nnc2SCC(=O)Nc2ccccc2OC)cc1. The van der Waals surface area contributed by atoms with Crippen LogP contribution in [0.15, 0.2) is 78.0 Å². The van der Waals surface area contributed by atoms with Gasteiger partial charge in [0, 0.05) is 16.4 Å². The van der Waals surface area contributed by atoms with Gasteiger partial charge in [-0.1, -0.05) is 41.6 Å². The van der Waals surface area contributed by atoms with E-state index in [0.29, 0.717) is 34.0 Å². The maximum absolute atomic E-state index is 12.6. The molecule has 2 N–H and O–H groups in total. The molecular formula is C25H24ClN5O3S. The highest BCUT2D eigenvalue weighted by atomic mass is 35.5. The Morgan fingerprint density at radius 2 is 1.80 bits per heavy atom. The molecule has 0 bridgehead atoms. The van der Waals surface area contributed by atoms with Gasteiger partial charge in [-0.3, -0.25) is 9.36 Å². The van der Waals surface area contributed by atoms with Crippen molar-refractivity contribution in [3.8, 4) is 17.2 Å². The third-order valence-corrected chi connectivity index (χ3v) is 6.18. The van der Waals surface area contributed by atoms with Crippen LogP contribution < -0.4 is 20.1 Å². The van der Waals surface area contributed by atoms with Crippen LogP contribution in [0.5, 0.6) is 11.5 Å². The summed E-state index contributed by atoms with van der Waals surface area (Å²) in [5.74, 6) is 1.99. The molecule has 8 nitrogen and oxygen atoms in total. The summed E-state index contributed by atoms with van der Waals surface area (Å²) in [5.41, 5.74) is 2.34. The molecule has 0 radical (unpaired) electrons. The van der Waals surface area contributed by atoms with Crippen LogP contribution in [-0.4, -0.2) is 40.6 Å². The van der Waals surface area contributed by atoms with Gasteiger partial charge in [0.25, 0.3) is 0 Å².